The molecule has 0 saturated heterocycles. The summed E-state index contributed by atoms with van der Waals surface area (Å²) in [6.45, 7) is 3.53. The number of methoxy groups -OCH3 is 1. The predicted octanol–water partition coefficient (Wildman–Crippen LogP) is 3.25. The van der Waals surface area contributed by atoms with E-state index in [1.54, 1.807) is 13.2 Å². The SMILES string of the molecule is COc1cc(Br)ccc1C(=O)N1CCC=C(C)C1. The van der Waals surface area contributed by atoms with Crippen LogP contribution in [-0.2, 0) is 0 Å². The Balaban J connectivity index is 2.26. The zero-order chi connectivity index (χ0) is 13.1. The third-order valence-corrected chi connectivity index (χ3v) is 3.51. The molecule has 0 bridgehead atoms. The molecule has 0 atom stereocenters. The lowest BCUT2D eigenvalue weighted by Gasteiger charge is -2.26. The van der Waals surface area contributed by atoms with Gasteiger partial charge in [0.05, 0.1) is 12.7 Å². The molecule has 1 amide bonds. The highest BCUT2D eigenvalue weighted by Crippen LogP contribution is 2.25. The van der Waals surface area contributed by atoms with Crippen LogP contribution >= 0.6 is 15.9 Å². The smallest absolute Gasteiger partial charge is 0.257 e. The van der Waals surface area contributed by atoms with E-state index in [0.29, 0.717) is 17.9 Å². The number of benzene rings is 1. The number of ether oxygens (including phenoxy) is 1. The average molecular weight is 310 g/mol. The van der Waals surface area contributed by atoms with Crippen LogP contribution in [0.25, 0.3) is 0 Å². The molecule has 0 aromatic heterocycles. The molecule has 96 valence electrons. The van der Waals surface area contributed by atoms with Crippen molar-refractivity contribution in [2.75, 3.05) is 20.2 Å². The van der Waals surface area contributed by atoms with Gasteiger partial charge in [-0.15, -0.1) is 0 Å². The molecule has 18 heavy (non-hydrogen) atoms. The lowest BCUT2D eigenvalue weighted by Crippen LogP contribution is -2.35. The van der Waals surface area contributed by atoms with Crippen LogP contribution in [0.2, 0.25) is 0 Å². The van der Waals surface area contributed by atoms with Crippen molar-refractivity contribution in [3.63, 3.8) is 0 Å². The van der Waals surface area contributed by atoms with Crippen LogP contribution in [0.1, 0.15) is 23.7 Å². The Hall–Kier alpha value is -1.29. The number of hydrogen-bond donors (Lipinski definition) is 0. The van der Waals surface area contributed by atoms with E-state index in [2.05, 4.69) is 28.9 Å². The van der Waals surface area contributed by atoms with Crippen molar-refractivity contribution in [3.8, 4) is 5.75 Å². The molecule has 1 aliphatic heterocycles. The Labute approximate surface area is 116 Å². The zero-order valence-corrected chi connectivity index (χ0v) is 12.2. The molecule has 1 aromatic carbocycles. The van der Waals surface area contributed by atoms with Crippen LogP contribution in [0.15, 0.2) is 34.3 Å². The maximum atomic E-state index is 12.4. The number of hydrogen-bond acceptors (Lipinski definition) is 2. The summed E-state index contributed by atoms with van der Waals surface area (Å²) in [7, 11) is 1.58. The van der Waals surface area contributed by atoms with Crippen LogP contribution in [0, 0.1) is 0 Å². The Bertz CT molecular complexity index is 497. The minimum absolute atomic E-state index is 0.0341. The summed E-state index contributed by atoms with van der Waals surface area (Å²) in [5.74, 6) is 0.647. The molecular formula is C14H16BrNO2. The van der Waals surface area contributed by atoms with Gasteiger partial charge < -0.3 is 9.64 Å². The number of rotatable bonds is 2. The van der Waals surface area contributed by atoms with E-state index < -0.39 is 0 Å². The molecule has 0 spiro atoms. The number of nitrogens with zero attached hydrogens (tertiary/aromatic N) is 1. The minimum atomic E-state index is 0.0341. The Morgan fingerprint density at radius 3 is 2.89 bits per heavy atom. The Kier molecular flexibility index (Phi) is 4.07. The molecule has 0 saturated carbocycles. The Morgan fingerprint density at radius 2 is 2.22 bits per heavy atom. The third-order valence-electron chi connectivity index (χ3n) is 3.01. The number of halogens is 1. The van der Waals surface area contributed by atoms with Gasteiger partial charge in [-0.1, -0.05) is 27.6 Å². The largest absolute Gasteiger partial charge is 0.496 e. The van der Waals surface area contributed by atoms with Crippen molar-refractivity contribution in [1.82, 2.24) is 4.90 Å². The second-order valence-corrected chi connectivity index (χ2v) is 5.33. The van der Waals surface area contributed by atoms with Crippen molar-refractivity contribution in [2.45, 2.75) is 13.3 Å². The highest BCUT2D eigenvalue weighted by atomic mass is 79.9. The molecule has 4 heteroatoms. The summed E-state index contributed by atoms with van der Waals surface area (Å²) in [6, 6.07) is 5.49. The second-order valence-electron chi connectivity index (χ2n) is 4.41. The summed E-state index contributed by atoms with van der Waals surface area (Å²) in [4.78, 5) is 14.3. The van der Waals surface area contributed by atoms with Gasteiger partial charge in [-0.2, -0.15) is 0 Å². The first-order chi connectivity index (χ1) is 8.61. The fourth-order valence-corrected chi connectivity index (χ4v) is 2.44. The molecule has 2 rings (SSSR count). The van der Waals surface area contributed by atoms with Crippen molar-refractivity contribution < 1.29 is 9.53 Å². The van der Waals surface area contributed by atoms with E-state index >= 15 is 0 Å². The van der Waals surface area contributed by atoms with E-state index in [0.717, 1.165) is 17.4 Å². The van der Waals surface area contributed by atoms with Crippen LogP contribution < -0.4 is 4.74 Å². The number of carbonyl (C=O) groups is 1. The van der Waals surface area contributed by atoms with Crippen molar-refractivity contribution in [3.05, 3.63) is 39.9 Å². The number of amides is 1. The third kappa shape index (κ3) is 2.75. The quantitative estimate of drug-likeness (QED) is 0.785. The predicted molar refractivity (Wildman–Crippen MR) is 75.0 cm³/mol. The molecule has 1 aromatic rings. The van der Waals surface area contributed by atoms with Crippen molar-refractivity contribution in [2.24, 2.45) is 0 Å². The Morgan fingerprint density at radius 1 is 1.44 bits per heavy atom. The molecule has 0 N–H and O–H groups in total. The maximum Gasteiger partial charge on any atom is 0.257 e. The average Bonchev–Trinajstić information content (AvgIpc) is 2.37. The summed E-state index contributed by atoms with van der Waals surface area (Å²) >= 11 is 3.38. The van der Waals surface area contributed by atoms with Gasteiger partial charge in [-0.05, 0) is 31.5 Å². The summed E-state index contributed by atoms with van der Waals surface area (Å²) < 4.78 is 6.18. The van der Waals surface area contributed by atoms with Crippen LogP contribution in [0.3, 0.4) is 0 Å². The fourth-order valence-electron chi connectivity index (χ4n) is 2.10. The highest BCUT2D eigenvalue weighted by molar-refractivity contribution is 9.10. The van der Waals surface area contributed by atoms with E-state index in [1.165, 1.54) is 5.57 Å². The normalized spacial score (nSPS) is 15.3. The lowest BCUT2D eigenvalue weighted by atomic mass is 10.1. The standard InChI is InChI=1S/C14H16BrNO2/c1-10-4-3-7-16(9-10)14(17)12-6-5-11(15)8-13(12)18-2/h4-6,8H,3,7,9H2,1-2H3. The van der Waals surface area contributed by atoms with Gasteiger partial charge in [-0.3, -0.25) is 4.79 Å². The molecule has 0 unspecified atom stereocenters. The minimum Gasteiger partial charge on any atom is -0.496 e. The van der Waals surface area contributed by atoms with Crippen LogP contribution in [0.4, 0.5) is 0 Å². The first kappa shape index (κ1) is 13.1. The van der Waals surface area contributed by atoms with E-state index in [1.807, 2.05) is 17.0 Å². The molecule has 1 aliphatic rings. The second kappa shape index (κ2) is 5.57. The van der Waals surface area contributed by atoms with Gasteiger partial charge >= 0.3 is 0 Å². The van der Waals surface area contributed by atoms with Gasteiger partial charge in [0.1, 0.15) is 5.75 Å². The summed E-state index contributed by atoms with van der Waals surface area (Å²) in [5.41, 5.74) is 1.86. The van der Waals surface area contributed by atoms with Crippen LogP contribution in [-0.4, -0.2) is 31.0 Å². The lowest BCUT2D eigenvalue weighted by molar-refractivity contribution is 0.0762. The zero-order valence-electron chi connectivity index (χ0n) is 10.6. The molecule has 0 radical (unpaired) electrons. The molecule has 0 fully saturated rings. The van der Waals surface area contributed by atoms with E-state index in [9.17, 15) is 4.79 Å². The first-order valence-electron chi connectivity index (χ1n) is 5.90. The first-order valence-corrected chi connectivity index (χ1v) is 6.69. The van der Waals surface area contributed by atoms with E-state index in [-0.39, 0.29) is 5.91 Å². The number of carbonyl (C=O) groups excluding carboxylic acids is 1. The molecule has 0 aliphatic carbocycles. The van der Waals surface area contributed by atoms with Gasteiger partial charge in [-0.25, -0.2) is 0 Å². The van der Waals surface area contributed by atoms with Crippen LogP contribution in [0.5, 0.6) is 5.75 Å². The maximum absolute atomic E-state index is 12.4. The molecule has 3 nitrogen and oxygen atoms in total. The summed E-state index contributed by atoms with van der Waals surface area (Å²) in [5, 5.41) is 0. The van der Waals surface area contributed by atoms with Gasteiger partial charge in [0, 0.05) is 17.6 Å². The van der Waals surface area contributed by atoms with Gasteiger partial charge in [0.2, 0.25) is 0 Å². The molecular weight excluding hydrogens is 294 g/mol. The van der Waals surface area contributed by atoms with Crippen molar-refractivity contribution >= 4 is 21.8 Å². The summed E-state index contributed by atoms with van der Waals surface area (Å²) in [6.07, 6.45) is 3.11. The fraction of sp³-hybridized carbons (Fsp3) is 0.357. The molecule has 1 heterocycles. The topological polar surface area (TPSA) is 29.5 Å². The van der Waals surface area contributed by atoms with Gasteiger partial charge in [0.15, 0.2) is 0 Å². The van der Waals surface area contributed by atoms with E-state index in [4.69, 9.17) is 4.74 Å². The van der Waals surface area contributed by atoms with Crippen molar-refractivity contribution in [1.29, 1.82) is 0 Å². The monoisotopic (exact) mass is 309 g/mol. The highest BCUT2D eigenvalue weighted by Gasteiger charge is 2.21. The van der Waals surface area contributed by atoms with Gasteiger partial charge in [0.25, 0.3) is 5.91 Å².